The van der Waals surface area contributed by atoms with E-state index in [9.17, 15) is 12.3 Å². The molecule has 6 heteroatoms. The summed E-state index contributed by atoms with van der Waals surface area (Å²) in [5.74, 6) is 0. The Labute approximate surface area is 86.1 Å². The zero-order valence-electron chi connectivity index (χ0n) is 8.50. The van der Waals surface area contributed by atoms with Crippen LogP contribution in [0, 0.1) is 0 Å². The first kappa shape index (κ1) is 12.3. The molecule has 0 atom stereocenters. The Morgan fingerprint density at radius 2 is 1.93 bits per heavy atom. The van der Waals surface area contributed by atoms with Gasteiger partial charge in [-0.05, 0) is 19.3 Å². The van der Waals surface area contributed by atoms with Gasteiger partial charge >= 0.3 is 10.4 Å². The van der Waals surface area contributed by atoms with E-state index in [1.807, 2.05) is 4.72 Å². The maximum atomic E-state index is 12.3. The van der Waals surface area contributed by atoms with E-state index in [2.05, 4.69) is 6.92 Å². The van der Waals surface area contributed by atoms with Gasteiger partial charge in [-0.1, -0.05) is 10.8 Å². The van der Waals surface area contributed by atoms with Crippen LogP contribution in [0.5, 0.6) is 0 Å². The van der Waals surface area contributed by atoms with Gasteiger partial charge in [0.1, 0.15) is 6.29 Å². The van der Waals surface area contributed by atoms with Crippen LogP contribution in [-0.4, -0.2) is 33.2 Å². The second-order valence-electron chi connectivity index (χ2n) is 3.96. The van der Waals surface area contributed by atoms with E-state index < -0.39 is 17.7 Å². The van der Waals surface area contributed by atoms with Gasteiger partial charge in [-0.3, -0.25) is 0 Å². The van der Waals surface area contributed by atoms with Gasteiger partial charge in [0.15, 0.2) is 0 Å². The first-order valence-corrected chi connectivity index (χ1v) is 8.93. The highest BCUT2D eigenvalue weighted by Gasteiger charge is 2.40. The molecule has 0 aromatic heterocycles. The van der Waals surface area contributed by atoms with E-state index >= 15 is 0 Å². The monoisotopic (exact) mass is 242 g/mol. The van der Waals surface area contributed by atoms with Gasteiger partial charge in [-0.15, -0.1) is 0 Å². The smallest absolute Gasteiger partial charge is 0.177 e. The van der Waals surface area contributed by atoms with Crippen LogP contribution in [0.4, 0.5) is 3.89 Å². The second kappa shape index (κ2) is 4.86. The summed E-state index contributed by atoms with van der Waals surface area (Å²) in [5.41, 5.74) is 0. The lowest BCUT2D eigenvalue weighted by Gasteiger charge is -2.20. The third kappa shape index (κ3) is 3.79. The fraction of sp³-hybridized carbons (Fsp3) is 1.00. The summed E-state index contributed by atoms with van der Waals surface area (Å²) in [7, 11) is -5.66. The Kier molecular flexibility index (Phi) is 4.29. The van der Waals surface area contributed by atoms with Crippen molar-refractivity contribution in [2.24, 2.45) is 0 Å². The molecule has 14 heavy (non-hydrogen) atoms. The predicted molar refractivity (Wildman–Crippen MR) is 59.1 cm³/mol. The molecule has 0 spiro atoms. The molecule has 0 unspecified atom stereocenters. The first-order chi connectivity index (χ1) is 6.47. The zero-order chi connectivity index (χ0) is 10.7. The first-order valence-electron chi connectivity index (χ1n) is 5.02. The Morgan fingerprint density at radius 3 is 2.36 bits per heavy atom. The molecule has 1 heterocycles. The highest BCUT2D eigenvalue weighted by Crippen LogP contribution is 2.63. The quantitative estimate of drug-likeness (QED) is 0.592. The number of halogens is 1. The normalized spacial score (nSPS) is 21.3. The summed E-state index contributed by atoms with van der Waals surface area (Å²) in [6.45, 7) is 2.10. The molecule has 84 valence electrons. The molecule has 1 fully saturated rings. The summed E-state index contributed by atoms with van der Waals surface area (Å²) in [4.78, 5) is 0. The van der Waals surface area contributed by atoms with Crippen molar-refractivity contribution in [3.8, 4) is 0 Å². The molecule has 1 aliphatic heterocycles. The Hall–Kier alpha value is 0.270. The average molecular weight is 242 g/mol. The van der Waals surface area contributed by atoms with Crippen LogP contribution in [-0.2, 0) is 10.4 Å². The lowest BCUT2D eigenvalue weighted by atomic mass is 10.4. The van der Waals surface area contributed by atoms with Gasteiger partial charge < -0.3 is 0 Å². The van der Waals surface area contributed by atoms with Gasteiger partial charge in [0.2, 0.25) is 0 Å². The van der Waals surface area contributed by atoms with Crippen LogP contribution in [0.2, 0.25) is 0 Å². The van der Waals surface area contributed by atoms with Gasteiger partial charge in [0, 0.05) is 7.26 Å². The number of rotatable bonds is 5. The summed E-state index contributed by atoms with van der Waals surface area (Å²) in [5, 5.41) is 0. The van der Waals surface area contributed by atoms with Crippen LogP contribution < -0.4 is 4.72 Å². The van der Waals surface area contributed by atoms with E-state index in [4.69, 9.17) is 0 Å². The molecule has 1 saturated heterocycles. The van der Waals surface area contributed by atoms with Crippen molar-refractivity contribution in [1.82, 2.24) is 4.72 Å². The van der Waals surface area contributed by atoms with Crippen molar-refractivity contribution in [3.63, 3.8) is 0 Å². The van der Waals surface area contributed by atoms with Crippen molar-refractivity contribution in [2.75, 3.05) is 24.8 Å². The molecule has 1 aliphatic rings. The summed E-state index contributed by atoms with van der Waals surface area (Å²) < 4.78 is 35.1. The summed E-state index contributed by atoms with van der Waals surface area (Å²) in [6, 6.07) is 0. The number of hydrogen-bond donors (Lipinski definition) is 1. The molecule has 0 radical (unpaired) electrons. The summed E-state index contributed by atoms with van der Waals surface area (Å²) in [6.07, 6.45) is 7.16. The topological polar surface area (TPSA) is 46.2 Å². The molecular formula is C8H18FNO2PS+. The van der Waals surface area contributed by atoms with Crippen LogP contribution >= 0.6 is 7.26 Å². The average Bonchev–Trinajstić information content (AvgIpc) is 2.50. The lowest BCUT2D eigenvalue weighted by molar-refractivity contribution is 0.541. The van der Waals surface area contributed by atoms with Gasteiger partial charge in [0.25, 0.3) is 0 Å². The largest absolute Gasteiger partial charge is 0.375 e. The van der Waals surface area contributed by atoms with E-state index in [-0.39, 0.29) is 0 Å². The minimum absolute atomic E-state index is 0.375. The van der Waals surface area contributed by atoms with E-state index in [1.165, 1.54) is 12.8 Å². The van der Waals surface area contributed by atoms with E-state index in [1.54, 1.807) is 0 Å². The van der Waals surface area contributed by atoms with E-state index in [0.29, 0.717) is 6.29 Å². The van der Waals surface area contributed by atoms with Gasteiger partial charge in [-0.25, -0.2) is 0 Å². The minimum atomic E-state index is -4.49. The fourth-order valence-electron chi connectivity index (χ4n) is 2.16. The molecule has 0 aromatic carbocycles. The maximum Gasteiger partial charge on any atom is 0.375 e. The minimum Gasteiger partial charge on any atom is -0.177 e. The second-order valence-corrected chi connectivity index (χ2v) is 9.47. The van der Waals surface area contributed by atoms with Crippen molar-refractivity contribution in [3.05, 3.63) is 0 Å². The SMILES string of the molecule is CCC[P+]1(CNS(=O)(=O)F)CCCC1. The molecule has 0 bridgehead atoms. The third-order valence-corrected chi connectivity index (χ3v) is 8.24. The van der Waals surface area contributed by atoms with E-state index in [0.717, 1.165) is 24.9 Å². The van der Waals surface area contributed by atoms with Crippen molar-refractivity contribution in [2.45, 2.75) is 26.2 Å². The molecule has 1 N–H and O–H groups in total. The highest BCUT2D eigenvalue weighted by molar-refractivity contribution is 7.85. The van der Waals surface area contributed by atoms with Crippen molar-refractivity contribution >= 4 is 17.7 Å². The lowest BCUT2D eigenvalue weighted by Crippen LogP contribution is -2.24. The van der Waals surface area contributed by atoms with Crippen LogP contribution in [0.15, 0.2) is 0 Å². The standard InChI is InChI=1S/C8H18FNO2PS/c1-2-5-13(6-3-4-7-13)8-10-14(9,11)12/h10H,2-8H2,1H3/q+1. The Morgan fingerprint density at radius 1 is 1.36 bits per heavy atom. The predicted octanol–water partition coefficient (Wildman–Crippen LogP) is 1.97. The molecule has 0 aliphatic carbocycles. The Bertz CT molecular complexity index is 275. The summed E-state index contributed by atoms with van der Waals surface area (Å²) >= 11 is 0. The van der Waals surface area contributed by atoms with Crippen LogP contribution in [0.3, 0.4) is 0 Å². The molecule has 0 amide bonds. The fourth-order valence-corrected chi connectivity index (χ4v) is 7.75. The van der Waals surface area contributed by atoms with Gasteiger partial charge in [-0.2, -0.15) is 13.1 Å². The highest BCUT2D eigenvalue weighted by atomic mass is 32.3. The molecule has 0 aromatic rings. The Balaban J connectivity index is 2.52. The van der Waals surface area contributed by atoms with Crippen LogP contribution in [0.25, 0.3) is 0 Å². The van der Waals surface area contributed by atoms with Gasteiger partial charge in [0.05, 0.1) is 18.5 Å². The number of hydrogen-bond acceptors (Lipinski definition) is 2. The zero-order valence-corrected chi connectivity index (χ0v) is 10.2. The number of nitrogens with one attached hydrogen (secondary N) is 1. The van der Waals surface area contributed by atoms with Crippen molar-refractivity contribution < 1.29 is 12.3 Å². The van der Waals surface area contributed by atoms with Crippen molar-refractivity contribution in [1.29, 1.82) is 0 Å². The molecule has 0 saturated carbocycles. The molecular weight excluding hydrogens is 224 g/mol. The molecule has 1 rings (SSSR count). The van der Waals surface area contributed by atoms with Crippen LogP contribution in [0.1, 0.15) is 26.2 Å². The molecule has 3 nitrogen and oxygen atoms in total. The maximum absolute atomic E-state index is 12.3. The third-order valence-electron chi connectivity index (χ3n) is 2.79.